The van der Waals surface area contributed by atoms with Crippen LogP contribution in [0.2, 0.25) is 0 Å². The lowest BCUT2D eigenvalue weighted by molar-refractivity contribution is -0.139. The molecule has 0 radical (unpaired) electrons. The summed E-state index contributed by atoms with van der Waals surface area (Å²) in [4.78, 5) is 15.6. The molecule has 0 unspecified atom stereocenters. The molecule has 0 bridgehead atoms. The third-order valence-corrected chi connectivity index (χ3v) is 5.47. The molecule has 5 nitrogen and oxygen atoms in total. The van der Waals surface area contributed by atoms with Gasteiger partial charge in [0.15, 0.2) is 0 Å². The van der Waals surface area contributed by atoms with Crippen LogP contribution in [0.15, 0.2) is 54.6 Å². The summed E-state index contributed by atoms with van der Waals surface area (Å²) in [5.74, 6) is -1.10. The molecule has 6 heteroatoms. The number of benzene rings is 2. The second-order valence-corrected chi connectivity index (χ2v) is 8.00. The number of carboxylic acid groups (broad SMARTS) is 1. The highest BCUT2D eigenvalue weighted by atomic mass is 19.1. The van der Waals surface area contributed by atoms with Crippen molar-refractivity contribution in [3.63, 3.8) is 0 Å². The van der Waals surface area contributed by atoms with E-state index in [-0.39, 0.29) is 12.2 Å². The topological polar surface area (TPSA) is 90.7 Å². The lowest BCUT2D eigenvalue weighted by atomic mass is 9.92. The van der Waals surface area contributed by atoms with Crippen molar-refractivity contribution >= 4 is 22.9 Å². The number of hydrogen-bond donors (Lipinski definition) is 3. The standard InChI is InChI=1S/C25H24FNO4/c26-17-9-7-15(8-10-17)24-20-3-1-2-4-22(20)27-25(16-5-6-16)21(24)12-11-18(28)13-19(29)14-23(30)31/h1-4,7-12,16,18-19,28-29H,5-6,13-14H2,(H,30,31)/b12-11-/t18-,19-/m0/s1. The summed E-state index contributed by atoms with van der Waals surface area (Å²) in [6.45, 7) is 0. The van der Waals surface area contributed by atoms with Crippen molar-refractivity contribution in [2.24, 2.45) is 0 Å². The molecule has 1 saturated carbocycles. The normalized spacial score (nSPS) is 16.0. The van der Waals surface area contributed by atoms with Crippen molar-refractivity contribution in [2.75, 3.05) is 0 Å². The van der Waals surface area contributed by atoms with Crippen LogP contribution in [0, 0.1) is 5.82 Å². The number of carboxylic acids is 1. The van der Waals surface area contributed by atoms with Gasteiger partial charge in [-0.25, -0.2) is 4.39 Å². The SMILES string of the molecule is O=C(O)C[C@@H](O)C[C@@H](O)/C=C\c1c(C2CC2)nc2ccccc2c1-c1ccc(F)cc1. The molecule has 1 heterocycles. The highest BCUT2D eigenvalue weighted by Gasteiger charge is 2.29. The van der Waals surface area contributed by atoms with Gasteiger partial charge in [0.05, 0.1) is 29.8 Å². The second-order valence-electron chi connectivity index (χ2n) is 8.00. The predicted molar refractivity (Wildman–Crippen MR) is 117 cm³/mol. The Morgan fingerprint density at radius 1 is 1.13 bits per heavy atom. The monoisotopic (exact) mass is 421 g/mol. The summed E-state index contributed by atoms with van der Waals surface area (Å²) in [7, 11) is 0. The second kappa shape index (κ2) is 8.96. The molecule has 1 fully saturated rings. The number of hydrogen-bond acceptors (Lipinski definition) is 4. The van der Waals surface area contributed by atoms with E-state index in [1.54, 1.807) is 24.3 Å². The van der Waals surface area contributed by atoms with Crippen molar-refractivity contribution in [2.45, 2.75) is 43.8 Å². The molecule has 1 aliphatic carbocycles. The summed E-state index contributed by atoms with van der Waals surface area (Å²) in [5, 5.41) is 29.9. The molecular weight excluding hydrogens is 397 g/mol. The quantitative estimate of drug-likeness (QED) is 0.498. The van der Waals surface area contributed by atoms with Crippen LogP contribution in [0.5, 0.6) is 0 Å². The maximum absolute atomic E-state index is 13.6. The molecule has 4 rings (SSSR count). The van der Waals surface area contributed by atoms with E-state index in [1.165, 1.54) is 12.1 Å². The fourth-order valence-electron chi connectivity index (χ4n) is 3.86. The first-order valence-corrected chi connectivity index (χ1v) is 10.4. The van der Waals surface area contributed by atoms with Crippen LogP contribution in [0.4, 0.5) is 4.39 Å². The number of pyridine rings is 1. The molecule has 31 heavy (non-hydrogen) atoms. The van der Waals surface area contributed by atoms with E-state index in [9.17, 15) is 19.4 Å². The number of fused-ring (bicyclic) bond motifs is 1. The molecule has 1 aliphatic rings. The van der Waals surface area contributed by atoms with Crippen molar-refractivity contribution in [1.82, 2.24) is 4.98 Å². The fourth-order valence-corrected chi connectivity index (χ4v) is 3.86. The Labute approximate surface area is 179 Å². The van der Waals surface area contributed by atoms with E-state index in [0.717, 1.165) is 46.1 Å². The lowest BCUT2D eigenvalue weighted by Crippen LogP contribution is -2.19. The van der Waals surface area contributed by atoms with Crippen LogP contribution in [-0.4, -0.2) is 38.5 Å². The number of aliphatic carboxylic acids is 1. The van der Waals surface area contributed by atoms with Gasteiger partial charge in [-0.05, 0) is 36.6 Å². The van der Waals surface area contributed by atoms with Gasteiger partial charge in [0.1, 0.15) is 5.82 Å². The zero-order valence-electron chi connectivity index (χ0n) is 16.9. The van der Waals surface area contributed by atoms with E-state index in [4.69, 9.17) is 10.1 Å². The van der Waals surface area contributed by atoms with Gasteiger partial charge in [-0.1, -0.05) is 42.5 Å². The van der Waals surface area contributed by atoms with Gasteiger partial charge >= 0.3 is 5.97 Å². The van der Waals surface area contributed by atoms with Crippen LogP contribution < -0.4 is 0 Å². The number of aliphatic hydroxyl groups excluding tert-OH is 2. The van der Waals surface area contributed by atoms with Gasteiger partial charge in [-0.2, -0.15) is 0 Å². The number of para-hydroxylation sites is 1. The summed E-state index contributed by atoms with van der Waals surface area (Å²) in [6.07, 6.45) is 2.80. The molecule has 0 saturated heterocycles. The molecular formula is C25H24FNO4. The minimum atomic E-state index is -1.13. The minimum Gasteiger partial charge on any atom is -0.481 e. The van der Waals surface area contributed by atoms with E-state index in [0.29, 0.717) is 5.92 Å². The van der Waals surface area contributed by atoms with Crippen molar-refractivity contribution < 1.29 is 24.5 Å². The molecule has 3 N–H and O–H groups in total. The number of carbonyl (C=O) groups is 1. The Hall–Kier alpha value is -3.09. The zero-order chi connectivity index (χ0) is 22.0. The minimum absolute atomic E-state index is 0.0749. The molecule has 3 aromatic rings. The number of aromatic nitrogens is 1. The third-order valence-electron chi connectivity index (χ3n) is 5.47. The molecule has 0 amide bonds. The first kappa shape index (κ1) is 21.2. The van der Waals surface area contributed by atoms with Crippen molar-refractivity contribution in [3.8, 4) is 11.1 Å². The van der Waals surface area contributed by atoms with Crippen LogP contribution in [0.25, 0.3) is 28.1 Å². The highest BCUT2D eigenvalue weighted by Crippen LogP contribution is 2.45. The molecule has 160 valence electrons. The Balaban J connectivity index is 1.79. The fraction of sp³-hybridized carbons (Fsp3) is 0.280. The number of halogens is 1. The number of aliphatic hydroxyl groups is 2. The number of rotatable bonds is 8. The first-order chi connectivity index (χ1) is 14.9. The average molecular weight is 421 g/mol. The first-order valence-electron chi connectivity index (χ1n) is 10.4. The van der Waals surface area contributed by atoms with E-state index in [1.807, 2.05) is 24.3 Å². The Morgan fingerprint density at radius 2 is 1.84 bits per heavy atom. The zero-order valence-corrected chi connectivity index (χ0v) is 16.9. The van der Waals surface area contributed by atoms with Gasteiger partial charge in [-0.15, -0.1) is 0 Å². The average Bonchev–Trinajstić information content (AvgIpc) is 3.56. The van der Waals surface area contributed by atoms with Gasteiger partial charge in [-0.3, -0.25) is 9.78 Å². The van der Waals surface area contributed by atoms with Crippen LogP contribution in [-0.2, 0) is 4.79 Å². The maximum atomic E-state index is 13.6. The Kier molecular flexibility index (Phi) is 6.11. The lowest BCUT2D eigenvalue weighted by Gasteiger charge is -2.16. The van der Waals surface area contributed by atoms with Crippen LogP contribution >= 0.6 is 0 Å². The van der Waals surface area contributed by atoms with Crippen LogP contribution in [0.3, 0.4) is 0 Å². The molecule has 2 atom stereocenters. The summed E-state index contributed by atoms with van der Waals surface area (Å²) in [6, 6.07) is 14.1. The summed E-state index contributed by atoms with van der Waals surface area (Å²) >= 11 is 0. The molecule has 0 aliphatic heterocycles. The van der Waals surface area contributed by atoms with E-state index < -0.39 is 24.6 Å². The molecule has 2 aromatic carbocycles. The Morgan fingerprint density at radius 3 is 2.52 bits per heavy atom. The van der Waals surface area contributed by atoms with E-state index >= 15 is 0 Å². The molecule has 1 aromatic heterocycles. The predicted octanol–water partition coefficient (Wildman–Crippen LogP) is 4.52. The Bertz CT molecular complexity index is 1120. The highest BCUT2D eigenvalue weighted by molar-refractivity contribution is 5.99. The van der Waals surface area contributed by atoms with Crippen molar-refractivity contribution in [1.29, 1.82) is 0 Å². The van der Waals surface area contributed by atoms with Gasteiger partial charge in [0, 0.05) is 28.9 Å². The van der Waals surface area contributed by atoms with E-state index in [2.05, 4.69) is 0 Å². The summed E-state index contributed by atoms with van der Waals surface area (Å²) < 4.78 is 13.6. The smallest absolute Gasteiger partial charge is 0.305 e. The van der Waals surface area contributed by atoms with Gasteiger partial charge in [0.25, 0.3) is 0 Å². The van der Waals surface area contributed by atoms with Crippen molar-refractivity contribution in [3.05, 3.63) is 71.7 Å². The molecule has 0 spiro atoms. The summed E-state index contributed by atoms with van der Waals surface area (Å²) in [5.41, 5.74) is 4.43. The van der Waals surface area contributed by atoms with Gasteiger partial charge < -0.3 is 15.3 Å². The number of nitrogens with zero attached hydrogens (tertiary/aromatic N) is 1. The van der Waals surface area contributed by atoms with Gasteiger partial charge in [0.2, 0.25) is 0 Å². The van der Waals surface area contributed by atoms with Crippen LogP contribution in [0.1, 0.15) is 42.9 Å². The third kappa shape index (κ3) is 4.98. The largest absolute Gasteiger partial charge is 0.481 e. The maximum Gasteiger partial charge on any atom is 0.305 e.